The van der Waals surface area contributed by atoms with Crippen molar-refractivity contribution in [1.82, 2.24) is 0 Å². The second-order valence-electron chi connectivity index (χ2n) is 3.23. The molecule has 12 heavy (non-hydrogen) atoms. The molecule has 0 amide bonds. The Balaban J connectivity index is 0.00000121. The van der Waals surface area contributed by atoms with Crippen molar-refractivity contribution in [1.29, 1.82) is 0 Å². The van der Waals surface area contributed by atoms with Crippen molar-refractivity contribution in [2.75, 3.05) is 0 Å². The van der Waals surface area contributed by atoms with Crippen molar-refractivity contribution in [3.8, 4) is 5.75 Å². The number of hydrogen-bond acceptors (Lipinski definition) is 1. The molecule has 0 unspecified atom stereocenters. The molecule has 68 valence electrons. The lowest BCUT2D eigenvalue weighted by Crippen LogP contribution is -1.93. The zero-order valence-corrected chi connectivity index (χ0v) is 7.04. The van der Waals surface area contributed by atoms with Crippen LogP contribution in [-0.4, -0.2) is 5.11 Å². The van der Waals surface area contributed by atoms with E-state index in [4.69, 9.17) is 0 Å². The number of phenolic OH excluding ortho intramolecular Hbond substituents is 1. The van der Waals surface area contributed by atoms with Gasteiger partial charge in [-0.3, -0.25) is 0 Å². The average molecular weight is 166 g/mol. The summed E-state index contributed by atoms with van der Waals surface area (Å²) in [6.45, 7) is 4.29. The Bertz CT molecular complexity index is 228. The monoisotopic (exact) mass is 166 g/mol. The van der Waals surface area contributed by atoms with E-state index in [1.807, 2.05) is 18.2 Å². The first-order valence-corrected chi connectivity index (χ1v) is 3.97. The normalized spacial score (nSPS) is 9.58. The van der Waals surface area contributed by atoms with Crippen molar-refractivity contribution in [2.24, 2.45) is 5.92 Å². The highest BCUT2D eigenvalue weighted by Gasteiger charge is 2.00. The second-order valence-corrected chi connectivity index (χ2v) is 3.23. The minimum Gasteiger partial charge on any atom is -0.508 e. The quantitative estimate of drug-likeness (QED) is 0.715. The van der Waals surface area contributed by atoms with E-state index in [9.17, 15) is 5.11 Å². The maximum absolute atomic E-state index is 9.36. The Morgan fingerprint density at radius 1 is 1.25 bits per heavy atom. The molecule has 0 aromatic heterocycles. The van der Waals surface area contributed by atoms with E-state index < -0.39 is 0 Å². The smallest absolute Gasteiger partial charge is 0.118 e. The van der Waals surface area contributed by atoms with Gasteiger partial charge in [-0.05, 0) is 24.0 Å². The molecule has 0 saturated carbocycles. The Labute approximate surface area is 75.1 Å². The summed E-state index contributed by atoms with van der Waals surface area (Å²) in [7, 11) is 0. The van der Waals surface area contributed by atoms with Crippen LogP contribution in [-0.2, 0) is 6.42 Å². The predicted molar refractivity (Wildman–Crippen MR) is 53.4 cm³/mol. The lowest BCUT2D eigenvalue weighted by atomic mass is 10.0. The highest BCUT2D eigenvalue weighted by molar-refractivity contribution is 5.31. The summed E-state index contributed by atoms with van der Waals surface area (Å²) in [5.74, 6) is 1.02. The fourth-order valence-corrected chi connectivity index (χ4v) is 1.12. The van der Waals surface area contributed by atoms with Crippen LogP contribution < -0.4 is 0 Å². The Morgan fingerprint density at radius 2 is 1.83 bits per heavy atom. The third-order valence-electron chi connectivity index (χ3n) is 1.62. The summed E-state index contributed by atoms with van der Waals surface area (Å²) in [6, 6.07) is 7.50. The first kappa shape index (κ1) is 11.0. The number of benzene rings is 1. The molecule has 0 heterocycles. The Hall–Kier alpha value is -0.980. The van der Waals surface area contributed by atoms with E-state index in [0.29, 0.717) is 11.7 Å². The van der Waals surface area contributed by atoms with Gasteiger partial charge < -0.3 is 5.11 Å². The van der Waals surface area contributed by atoms with Crippen LogP contribution in [0.2, 0.25) is 0 Å². The molecule has 0 bridgehead atoms. The van der Waals surface area contributed by atoms with Crippen LogP contribution in [0.15, 0.2) is 24.3 Å². The summed E-state index contributed by atoms with van der Waals surface area (Å²) in [4.78, 5) is 0. The highest BCUT2D eigenvalue weighted by atomic mass is 16.3. The topological polar surface area (TPSA) is 20.2 Å². The molecule has 0 aliphatic rings. The van der Waals surface area contributed by atoms with E-state index in [-0.39, 0.29) is 7.43 Å². The van der Waals surface area contributed by atoms with Gasteiger partial charge in [0.25, 0.3) is 0 Å². The molecule has 0 saturated heterocycles. The first-order chi connectivity index (χ1) is 5.20. The molecule has 1 aromatic carbocycles. The molecular weight excluding hydrogens is 148 g/mol. The summed E-state index contributed by atoms with van der Waals surface area (Å²) < 4.78 is 0. The minimum atomic E-state index is 0. The maximum Gasteiger partial charge on any atom is 0.118 e. The van der Waals surface area contributed by atoms with Gasteiger partial charge in [-0.1, -0.05) is 39.5 Å². The summed E-state index contributed by atoms with van der Waals surface area (Å²) in [6.07, 6.45) is 0.951. The van der Waals surface area contributed by atoms with E-state index >= 15 is 0 Å². The van der Waals surface area contributed by atoms with Crippen molar-refractivity contribution in [3.05, 3.63) is 29.8 Å². The average Bonchev–Trinajstić information content (AvgIpc) is 1.93. The fourth-order valence-electron chi connectivity index (χ4n) is 1.12. The van der Waals surface area contributed by atoms with Crippen LogP contribution in [0, 0.1) is 5.92 Å². The molecule has 0 atom stereocenters. The number of phenols is 1. The number of para-hydroxylation sites is 1. The lowest BCUT2D eigenvalue weighted by molar-refractivity contribution is 0.462. The molecule has 1 rings (SSSR count). The summed E-state index contributed by atoms with van der Waals surface area (Å²) >= 11 is 0. The summed E-state index contributed by atoms with van der Waals surface area (Å²) in [5, 5.41) is 9.36. The van der Waals surface area contributed by atoms with Gasteiger partial charge in [0.2, 0.25) is 0 Å². The Morgan fingerprint density at radius 3 is 2.33 bits per heavy atom. The predicted octanol–water partition coefficient (Wildman–Crippen LogP) is 3.23. The number of aromatic hydroxyl groups is 1. The van der Waals surface area contributed by atoms with Crippen LogP contribution in [0.5, 0.6) is 5.75 Å². The molecule has 1 heteroatoms. The standard InChI is InChI=1S/C10H14O.CH4/c1-8(2)7-9-5-3-4-6-10(9)11;/h3-6,8,11H,7H2,1-2H3;1H4. The third-order valence-corrected chi connectivity index (χ3v) is 1.62. The van der Waals surface area contributed by atoms with Crippen LogP contribution in [0.1, 0.15) is 26.8 Å². The number of rotatable bonds is 2. The van der Waals surface area contributed by atoms with Crippen molar-refractivity contribution < 1.29 is 5.11 Å². The van der Waals surface area contributed by atoms with E-state index in [2.05, 4.69) is 13.8 Å². The van der Waals surface area contributed by atoms with Crippen molar-refractivity contribution >= 4 is 0 Å². The van der Waals surface area contributed by atoms with Gasteiger partial charge in [0.15, 0.2) is 0 Å². The van der Waals surface area contributed by atoms with Crippen molar-refractivity contribution in [2.45, 2.75) is 27.7 Å². The zero-order chi connectivity index (χ0) is 8.27. The summed E-state index contributed by atoms with van der Waals surface area (Å²) in [5.41, 5.74) is 1.04. The lowest BCUT2D eigenvalue weighted by Gasteiger charge is -2.05. The van der Waals surface area contributed by atoms with Crippen LogP contribution in [0.4, 0.5) is 0 Å². The van der Waals surface area contributed by atoms with Crippen LogP contribution in [0.3, 0.4) is 0 Å². The van der Waals surface area contributed by atoms with Gasteiger partial charge in [-0.2, -0.15) is 0 Å². The third kappa shape index (κ3) is 2.95. The molecule has 0 fully saturated rings. The Kier molecular flexibility index (Phi) is 4.42. The SMILES string of the molecule is C.CC(C)Cc1ccccc1O. The van der Waals surface area contributed by atoms with E-state index in [1.165, 1.54) is 0 Å². The molecule has 0 spiro atoms. The van der Waals surface area contributed by atoms with Gasteiger partial charge >= 0.3 is 0 Å². The second kappa shape index (κ2) is 4.81. The largest absolute Gasteiger partial charge is 0.508 e. The number of hydrogen-bond donors (Lipinski definition) is 1. The first-order valence-electron chi connectivity index (χ1n) is 3.97. The molecule has 0 aliphatic carbocycles. The van der Waals surface area contributed by atoms with Gasteiger partial charge in [0, 0.05) is 0 Å². The zero-order valence-electron chi connectivity index (χ0n) is 7.04. The van der Waals surface area contributed by atoms with Gasteiger partial charge in [0.1, 0.15) is 5.75 Å². The van der Waals surface area contributed by atoms with Crippen LogP contribution >= 0.6 is 0 Å². The molecular formula is C11H18O. The maximum atomic E-state index is 9.36. The van der Waals surface area contributed by atoms with Crippen molar-refractivity contribution in [3.63, 3.8) is 0 Å². The molecule has 1 aromatic rings. The molecule has 0 aliphatic heterocycles. The van der Waals surface area contributed by atoms with E-state index in [1.54, 1.807) is 6.07 Å². The van der Waals surface area contributed by atoms with Gasteiger partial charge in [-0.15, -0.1) is 0 Å². The highest BCUT2D eigenvalue weighted by Crippen LogP contribution is 2.18. The van der Waals surface area contributed by atoms with Gasteiger partial charge in [0.05, 0.1) is 0 Å². The fraction of sp³-hybridized carbons (Fsp3) is 0.455. The molecule has 1 nitrogen and oxygen atoms in total. The molecule has 1 N–H and O–H groups in total. The molecule has 0 radical (unpaired) electrons. The van der Waals surface area contributed by atoms with E-state index in [0.717, 1.165) is 12.0 Å². The van der Waals surface area contributed by atoms with Gasteiger partial charge in [-0.25, -0.2) is 0 Å². The van der Waals surface area contributed by atoms with Crippen LogP contribution in [0.25, 0.3) is 0 Å². The minimum absolute atomic E-state index is 0.